The number of halogens is 3. The molecule has 0 aliphatic carbocycles. The SMILES string of the molecule is CCCC(O)CNC(=O)c1c(F)cc(F)cc1F. The molecule has 1 atom stereocenters. The Morgan fingerprint density at radius 2 is 1.89 bits per heavy atom. The van der Waals surface area contributed by atoms with Crippen molar-refractivity contribution in [2.75, 3.05) is 6.54 Å². The minimum atomic E-state index is -1.27. The van der Waals surface area contributed by atoms with E-state index in [0.717, 1.165) is 6.42 Å². The summed E-state index contributed by atoms with van der Waals surface area (Å²) in [6.07, 6.45) is 0.413. The van der Waals surface area contributed by atoms with Crippen LogP contribution in [0.15, 0.2) is 12.1 Å². The van der Waals surface area contributed by atoms with Gasteiger partial charge in [-0.2, -0.15) is 0 Å². The molecule has 0 saturated heterocycles. The smallest absolute Gasteiger partial charge is 0.257 e. The zero-order valence-electron chi connectivity index (χ0n) is 9.84. The summed E-state index contributed by atoms with van der Waals surface area (Å²) in [7, 11) is 0. The highest BCUT2D eigenvalue weighted by molar-refractivity contribution is 5.94. The average Bonchev–Trinajstić information content (AvgIpc) is 2.25. The van der Waals surface area contributed by atoms with Crippen LogP contribution < -0.4 is 5.32 Å². The van der Waals surface area contributed by atoms with Crippen LogP contribution in [-0.2, 0) is 0 Å². The summed E-state index contributed by atoms with van der Waals surface area (Å²) in [4.78, 5) is 11.5. The second-order valence-electron chi connectivity index (χ2n) is 3.90. The molecule has 0 bridgehead atoms. The third-order valence-electron chi connectivity index (χ3n) is 2.35. The first-order valence-corrected chi connectivity index (χ1v) is 5.56. The van der Waals surface area contributed by atoms with Crippen LogP contribution in [0.5, 0.6) is 0 Å². The van der Waals surface area contributed by atoms with Gasteiger partial charge in [-0.05, 0) is 6.42 Å². The number of aliphatic hydroxyl groups is 1. The maximum atomic E-state index is 13.2. The molecule has 100 valence electrons. The number of carbonyl (C=O) groups excluding carboxylic acids is 1. The highest BCUT2D eigenvalue weighted by atomic mass is 19.1. The topological polar surface area (TPSA) is 49.3 Å². The van der Waals surface area contributed by atoms with E-state index in [4.69, 9.17) is 0 Å². The minimum Gasteiger partial charge on any atom is -0.391 e. The van der Waals surface area contributed by atoms with E-state index in [0.29, 0.717) is 18.6 Å². The number of aliphatic hydroxyl groups excluding tert-OH is 1. The van der Waals surface area contributed by atoms with Crippen molar-refractivity contribution >= 4 is 5.91 Å². The van der Waals surface area contributed by atoms with Gasteiger partial charge in [0.25, 0.3) is 5.91 Å². The fourth-order valence-electron chi connectivity index (χ4n) is 1.49. The normalized spacial score (nSPS) is 12.3. The molecule has 2 N–H and O–H groups in total. The predicted molar refractivity (Wildman–Crippen MR) is 59.6 cm³/mol. The molecular formula is C12H14F3NO2. The lowest BCUT2D eigenvalue weighted by molar-refractivity contribution is 0.0901. The van der Waals surface area contributed by atoms with Crippen molar-refractivity contribution in [2.24, 2.45) is 0 Å². The quantitative estimate of drug-likeness (QED) is 0.851. The number of nitrogens with one attached hydrogen (secondary N) is 1. The van der Waals surface area contributed by atoms with E-state index >= 15 is 0 Å². The molecule has 0 radical (unpaired) electrons. The maximum absolute atomic E-state index is 13.2. The van der Waals surface area contributed by atoms with Crippen molar-refractivity contribution in [3.05, 3.63) is 35.1 Å². The summed E-state index contributed by atoms with van der Waals surface area (Å²) in [5.74, 6) is -4.64. The van der Waals surface area contributed by atoms with E-state index in [9.17, 15) is 23.1 Å². The van der Waals surface area contributed by atoms with Crippen molar-refractivity contribution in [3.8, 4) is 0 Å². The summed E-state index contributed by atoms with van der Waals surface area (Å²) in [6.45, 7) is 1.74. The molecular weight excluding hydrogens is 247 g/mol. The number of carbonyl (C=O) groups is 1. The van der Waals surface area contributed by atoms with Gasteiger partial charge >= 0.3 is 0 Å². The van der Waals surface area contributed by atoms with Gasteiger partial charge in [0.05, 0.1) is 6.10 Å². The van der Waals surface area contributed by atoms with Crippen LogP contribution in [0.3, 0.4) is 0 Å². The van der Waals surface area contributed by atoms with E-state index in [1.165, 1.54) is 0 Å². The van der Waals surface area contributed by atoms with Crippen molar-refractivity contribution in [3.63, 3.8) is 0 Å². The van der Waals surface area contributed by atoms with E-state index in [-0.39, 0.29) is 6.54 Å². The first-order chi connectivity index (χ1) is 8.45. The van der Waals surface area contributed by atoms with Gasteiger partial charge in [-0.25, -0.2) is 13.2 Å². The highest BCUT2D eigenvalue weighted by Gasteiger charge is 2.19. The Hall–Kier alpha value is -1.56. The molecule has 0 saturated carbocycles. The largest absolute Gasteiger partial charge is 0.391 e. The van der Waals surface area contributed by atoms with E-state index in [1.807, 2.05) is 6.92 Å². The minimum absolute atomic E-state index is 0.108. The second-order valence-corrected chi connectivity index (χ2v) is 3.90. The van der Waals surface area contributed by atoms with Crippen molar-refractivity contribution in [1.29, 1.82) is 0 Å². The highest BCUT2D eigenvalue weighted by Crippen LogP contribution is 2.14. The Balaban J connectivity index is 2.73. The van der Waals surface area contributed by atoms with E-state index < -0.39 is 35.0 Å². The second kappa shape index (κ2) is 6.39. The summed E-state index contributed by atoms with van der Waals surface area (Å²) in [6, 6.07) is 0.862. The van der Waals surface area contributed by atoms with Crippen LogP contribution in [0.25, 0.3) is 0 Å². The van der Waals surface area contributed by atoms with Crippen molar-refractivity contribution < 1.29 is 23.1 Å². The Morgan fingerprint density at radius 3 is 2.39 bits per heavy atom. The summed E-state index contributed by atoms with van der Waals surface area (Å²) in [5.41, 5.74) is -0.847. The lowest BCUT2D eigenvalue weighted by Crippen LogP contribution is -2.33. The summed E-state index contributed by atoms with van der Waals surface area (Å²) in [5, 5.41) is 11.6. The van der Waals surface area contributed by atoms with Gasteiger partial charge < -0.3 is 10.4 Å². The number of hydrogen-bond donors (Lipinski definition) is 2. The standard InChI is InChI=1S/C12H14F3NO2/c1-2-3-8(17)6-16-12(18)11-9(14)4-7(13)5-10(11)15/h4-5,8,17H,2-3,6H2,1H3,(H,16,18). The lowest BCUT2D eigenvalue weighted by atomic mass is 10.1. The molecule has 0 heterocycles. The monoisotopic (exact) mass is 261 g/mol. The fraction of sp³-hybridized carbons (Fsp3) is 0.417. The third kappa shape index (κ3) is 3.73. The van der Waals surface area contributed by atoms with E-state index in [1.54, 1.807) is 0 Å². The molecule has 0 fully saturated rings. The Kier molecular flexibility index (Phi) is 5.15. The molecule has 6 heteroatoms. The zero-order valence-corrected chi connectivity index (χ0v) is 9.84. The van der Waals surface area contributed by atoms with Gasteiger partial charge in [0, 0.05) is 18.7 Å². The Labute approximate surface area is 103 Å². The summed E-state index contributed by atoms with van der Waals surface area (Å²) >= 11 is 0. The molecule has 1 aromatic carbocycles. The van der Waals surface area contributed by atoms with Gasteiger partial charge in [0.2, 0.25) is 0 Å². The first kappa shape index (κ1) is 14.5. The first-order valence-electron chi connectivity index (χ1n) is 5.56. The fourth-order valence-corrected chi connectivity index (χ4v) is 1.49. The number of amides is 1. The van der Waals surface area contributed by atoms with Gasteiger partial charge in [-0.15, -0.1) is 0 Å². The van der Waals surface area contributed by atoms with Crippen LogP contribution >= 0.6 is 0 Å². The van der Waals surface area contributed by atoms with Crippen molar-refractivity contribution in [1.82, 2.24) is 5.32 Å². The van der Waals surface area contributed by atoms with Gasteiger partial charge in [0.1, 0.15) is 23.0 Å². The van der Waals surface area contributed by atoms with Crippen LogP contribution in [0.4, 0.5) is 13.2 Å². The van der Waals surface area contributed by atoms with Crippen LogP contribution in [0.1, 0.15) is 30.1 Å². The summed E-state index contributed by atoms with van der Waals surface area (Å²) < 4.78 is 39.1. The molecule has 1 aromatic rings. The van der Waals surface area contributed by atoms with Crippen LogP contribution in [0, 0.1) is 17.5 Å². The molecule has 1 amide bonds. The maximum Gasteiger partial charge on any atom is 0.257 e. The molecule has 0 aliphatic heterocycles. The molecule has 18 heavy (non-hydrogen) atoms. The number of rotatable bonds is 5. The predicted octanol–water partition coefficient (Wildman–Crippen LogP) is 1.99. The number of benzene rings is 1. The molecule has 0 aromatic heterocycles. The lowest BCUT2D eigenvalue weighted by Gasteiger charge is -2.11. The number of hydrogen-bond acceptors (Lipinski definition) is 2. The van der Waals surface area contributed by atoms with E-state index in [2.05, 4.69) is 5.32 Å². The molecule has 3 nitrogen and oxygen atoms in total. The van der Waals surface area contributed by atoms with Crippen LogP contribution in [0.2, 0.25) is 0 Å². The molecule has 1 unspecified atom stereocenters. The van der Waals surface area contributed by atoms with Crippen LogP contribution in [-0.4, -0.2) is 23.7 Å². The Bertz CT molecular complexity index is 414. The third-order valence-corrected chi connectivity index (χ3v) is 2.35. The van der Waals surface area contributed by atoms with Gasteiger partial charge in [-0.1, -0.05) is 13.3 Å². The van der Waals surface area contributed by atoms with Gasteiger partial charge in [-0.3, -0.25) is 4.79 Å². The van der Waals surface area contributed by atoms with Gasteiger partial charge in [0.15, 0.2) is 0 Å². The average molecular weight is 261 g/mol. The zero-order chi connectivity index (χ0) is 13.7. The molecule has 0 aliphatic rings. The Morgan fingerprint density at radius 1 is 1.33 bits per heavy atom. The molecule has 0 spiro atoms. The molecule has 1 rings (SSSR count). The van der Waals surface area contributed by atoms with Crippen molar-refractivity contribution in [2.45, 2.75) is 25.9 Å².